The Balaban J connectivity index is 1.67. The molecule has 1 nitrogen and oxygen atoms in total. The van der Waals surface area contributed by atoms with E-state index in [2.05, 4.69) is 29.6 Å². The molecule has 1 unspecified atom stereocenters. The Bertz CT molecular complexity index is 510. The molecular weight excluding hydrogens is 249 g/mol. The van der Waals surface area contributed by atoms with Crippen molar-refractivity contribution in [1.82, 2.24) is 5.32 Å². The van der Waals surface area contributed by atoms with E-state index < -0.39 is 0 Å². The van der Waals surface area contributed by atoms with Crippen LogP contribution in [-0.4, -0.2) is 6.54 Å². The fraction of sp³-hybridized carbons (Fsp3) is 0.333. The van der Waals surface area contributed by atoms with Gasteiger partial charge in [0.2, 0.25) is 0 Å². The van der Waals surface area contributed by atoms with E-state index in [1.54, 1.807) is 6.07 Å². The van der Waals surface area contributed by atoms with Crippen LogP contribution in [0.4, 0.5) is 4.39 Å². The van der Waals surface area contributed by atoms with Crippen LogP contribution in [0.3, 0.4) is 0 Å². The first-order valence-corrected chi connectivity index (χ1v) is 7.29. The zero-order valence-corrected chi connectivity index (χ0v) is 12.0. The van der Waals surface area contributed by atoms with Gasteiger partial charge in [0.25, 0.3) is 0 Å². The number of aryl methyl sites for hydroxylation is 1. The second kappa shape index (κ2) is 7.81. The average Bonchev–Trinajstić information content (AvgIpc) is 2.48. The van der Waals surface area contributed by atoms with Gasteiger partial charge in [-0.05, 0) is 44.4 Å². The molecule has 2 aromatic rings. The molecule has 0 fully saturated rings. The number of benzene rings is 2. The van der Waals surface area contributed by atoms with Crippen LogP contribution in [0.15, 0.2) is 54.6 Å². The Morgan fingerprint density at radius 3 is 2.40 bits per heavy atom. The summed E-state index contributed by atoms with van der Waals surface area (Å²) in [6.45, 7) is 2.93. The molecule has 1 N–H and O–H groups in total. The van der Waals surface area contributed by atoms with Gasteiger partial charge < -0.3 is 5.32 Å². The molecule has 2 aromatic carbocycles. The highest BCUT2D eigenvalue weighted by Crippen LogP contribution is 2.16. The molecule has 0 bridgehead atoms. The maximum absolute atomic E-state index is 13.6. The predicted octanol–water partition coefficient (Wildman–Crippen LogP) is 4.50. The molecule has 0 aliphatic heterocycles. The van der Waals surface area contributed by atoms with Crippen molar-refractivity contribution in [3.05, 3.63) is 71.5 Å². The summed E-state index contributed by atoms with van der Waals surface area (Å²) in [6.07, 6.45) is 3.37. The number of hydrogen-bond acceptors (Lipinski definition) is 1. The topological polar surface area (TPSA) is 12.0 Å². The highest BCUT2D eigenvalue weighted by Gasteiger charge is 2.08. The smallest absolute Gasteiger partial charge is 0.127 e. The summed E-state index contributed by atoms with van der Waals surface area (Å²) >= 11 is 0. The van der Waals surface area contributed by atoms with Gasteiger partial charge in [0.1, 0.15) is 5.82 Å². The van der Waals surface area contributed by atoms with Crippen molar-refractivity contribution in [2.45, 2.75) is 32.2 Å². The number of rotatable bonds is 7. The van der Waals surface area contributed by atoms with E-state index in [4.69, 9.17) is 0 Å². The highest BCUT2D eigenvalue weighted by atomic mass is 19.1. The first-order chi connectivity index (χ1) is 9.77. The van der Waals surface area contributed by atoms with Crippen LogP contribution >= 0.6 is 0 Å². The Labute approximate surface area is 120 Å². The van der Waals surface area contributed by atoms with Gasteiger partial charge in [-0.15, -0.1) is 0 Å². The van der Waals surface area contributed by atoms with E-state index in [0.29, 0.717) is 0 Å². The first kappa shape index (κ1) is 14.7. The van der Waals surface area contributed by atoms with Crippen molar-refractivity contribution in [2.75, 3.05) is 6.54 Å². The van der Waals surface area contributed by atoms with Crippen LogP contribution < -0.4 is 5.32 Å². The normalized spacial score (nSPS) is 12.3. The van der Waals surface area contributed by atoms with Gasteiger partial charge in [0.05, 0.1) is 0 Å². The van der Waals surface area contributed by atoms with Crippen molar-refractivity contribution in [3.8, 4) is 0 Å². The molecule has 2 heteroatoms. The van der Waals surface area contributed by atoms with Crippen molar-refractivity contribution >= 4 is 0 Å². The highest BCUT2D eigenvalue weighted by molar-refractivity contribution is 5.20. The van der Waals surface area contributed by atoms with Gasteiger partial charge in [-0.2, -0.15) is 0 Å². The van der Waals surface area contributed by atoms with Gasteiger partial charge in [-0.1, -0.05) is 48.5 Å². The minimum atomic E-state index is -0.128. The van der Waals surface area contributed by atoms with E-state index in [-0.39, 0.29) is 11.9 Å². The first-order valence-electron chi connectivity index (χ1n) is 7.29. The standard InChI is InChI=1S/C18H22FN/c1-15(17-12-5-6-13-18(17)19)20-14-8-7-11-16-9-3-2-4-10-16/h2-6,9-10,12-13,15,20H,7-8,11,14H2,1H3. The Morgan fingerprint density at radius 2 is 1.65 bits per heavy atom. The molecule has 0 radical (unpaired) electrons. The predicted molar refractivity (Wildman–Crippen MR) is 82.2 cm³/mol. The number of hydrogen-bond donors (Lipinski definition) is 1. The van der Waals surface area contributed by atoms with Crippen molar-refractivity contribution in [1.29, 1.82) is 0 Å². The van der Waals surface area contributed by atoms with Gasteiger partial charge in [-0.3, -0.25) is 0 Å². The Hall–Kier alpha value is -1.67. The third-order valence-electron chi connectivity index (χ3n) is 3.56. The van der Waals surface area contributed by atoms with Crippen LogP contribution in [-0.2, 0) is 6.42 Å². The summed E-state index contributed by atoms with van der Waals surface area (Å²) in [5, 5.41) is 3.39. The summed E-state index contributed by atoms with van der Waals surface area (Å²) in [7, 11) is 0. The third-order valence-corrected chi connectivity index (χ3v) is 3.56. The lowest BCUT2D eigenvalue weighted by Gasteiger charge is -2.14. The fourth-order valence-corrected chi connectivity index (χ4v) is 2.35. The average molecular weight is 271 g/mol. The summed E-state index contributed by atoms with van der Waals surface area (Å²) in [4.78, 5) is 0. The van der Waals surface area contributed by atoms with Gasteiger partial charge in [0.15, 0.2) is 0 Å². The summed E-state index contributed by atoms with van der Waals surface area (Å²) < 4.78 is 13.6. The molecule has 0 aliphatic rings. The molecule has 0 heterocycles. The zero-order valence-electron chi connectivity index (χ0n) is 12.0. The van der Waals surface area contributed by atoms with E-state index in [1.165, 1.54) is 11.6 Å². The van der Waals surface area contributed by atoms with Gasteiger partial charge in [0, 0.05) is 11.6 Å². The molecule has 0 aromatic heterocycles. The van der Waals surface area contributed by atoms with Crippen molar-refractivity contribution < 1.29 is 4.39 Å². The maximum Gasteiger partial charge on any atom is 0.127 e. The maximum atomic E-state index is 13.6. The van der Waals surface area contributed by atoms with Crippen LogP contribution in [0.25, 0.3) is 0 Å². The summed E-state index contributed by atoms with van der Waals surface area (Å²) in [6, 6.07) is 17.6. The number of unbranched alkanes of at least 4 members (excludes halogenated alkanes) is 1. The Morgan fingerprint density at radius 1 is 0.950 bits per heavy atom. The lowest BCUT2D eigenvalue weighted by Crippen LogP contribution is -2.20. The molecule has 1 atom stereocenters. The van der Waals surface area contributed by atoms with Crippen LogP contribution in [0.1, 0.15) is 36.9 Å². The quantitative estimate of drug-likeness (QED) is 0.731. The van der Waals surface area contributed by atoms with Crippen LogP contribution in [0, 0.1) is 5.82 Å². The van der Waals surface area contributed by atoms with Crippen LogP contribution in [0.5, 0.6) is 0 Å². The minimum Gasteiger partial charge on any atom is -0.310 e. The Kier molecular flexibility index (Phi) is 5.75. The summed E-state index contributed by atoms with van der Waals surface area (Å²) in [5.74, 6) is -0.128. The van der Waals surface area contributed by atoms with Crippen molar-refractivity contribution in [2.24, 2.45) is 0 Å². The SMILES string of the molecule is CC(NCCCCc1ccccc1)c1ccccc1F. The molecule has 0 aliphatic carbocycles. The van der Waals surface area contributed by atoms with E-state index in [9.17, 15) is 4.39 Å². The summed E-state index contributed by atoms with van der Waals surface area (Å²) in [5.41, 5.74) is 2.13. The van der Waals surface area contributed by atoms with Gasteiger partial charge in [-0.25, -0.2) is 4.39 Å². The molecule has 20 heavy (non-hydrogen) atoms. The molecule has 106 valence electrons. The molecule has 0 spiro atoms. The van der Waals surface area contributed by atoms with Gasteiger partial charge >= 0.3 is 0 Å². The molecule has 2 rings (SSSR count). The molecule has 0 saturated heterocycles. The second-order valence-corrected chi connectivity index (χ2v) is 5.14. The third kappa shape index (κ3) is 4.46. The lowest BCUT2D eigenvalue weighted by molar-refractivity contribution is 0.515. The van der Waals surface area contributed by atoms with E-state index in [0.717, 1.165) is 31.4 Å². The molecular formula is C18H22FN. The second-order valence-electron chi connectivity index (χ2n) is 5.14. The van der Waals surface area contributed by atoms with Crippen LogP contribution in [0.2, 0.25) is 0 Å². The number of nitrogens with one attached hydrogen (secondary N) is 1. The fourth-order valence-electron chi connectivity index (χ4n) is 2.35. The number of halogens is 1. The van der Waals surface area contributed by atoms with Crippen molar-refractivity contribution in [3.63, 3.8) is 0 Å². The monoisotopic (exact) mass is 271 g/mol. The molecule has 0 amide bonds. The van der Waals surface area contributed by atoms with E-state index in [1.807, 2.05) is 25.1 Å². The zero-order chi connectivity index (χ0) is 14.2. The largest absolute Gasteiger partial charge is 0.310 e. The lowest BCUT2D eigenvalue weighted by atomic mass is 10.1. The minimum absolute atomic E-state index is 0.0629. The molecule has 0 saturated carbocycles. The van der Waals surface area contributed by atoms with E-state index >= 15 is 0 Å².